The first-order chi connectivity index (χ1) is 8.68. The second-order valence-corrected chi connectivity index (χ2v) is 8.72. The molecule has 1 heterocycles. The molecule has 0 unspecified atom stereocenters. The molecule has 0 bridgehead atoms. The van der Waals surface area contributed by atoms with Crippen LogP contribution >= 0.6 is 11.8 Å². The molecule has 19 heavy (non-hydrogen) atoms. The summed E-state index contributed by atoms with van der Waals surface area (Å²) >= 11 is 1.81. The first kappa shape index (κ1) is 16.8. The smallest absolute Gasteiger partial charge is 0.230 e. The number of thioether (sulfide) groups is 1. The van der Waals surface area contributed by atoms with E-state index in [-0.39, 0.29) is 16.9 Å². The molecule has 0 saturated carbocycles. The van der Waals surface area contributed by atoms with Gasteiger partial charge in [0.1, 0.15) is 0 Å². The number of carbonyl (C=O) groups is 1. The fourth-order valence-corrected chi connectivity index (χ4v) is 3.97. The number of rotatable bonds is 5. The van der Waals surface area contributed by atoms with Crippen LogP contribution in [0.5, 0.6) is 0 Å². The molecule has 1 amide bonds. The van der Waals surface area contributed by atoms with Crippen molar-refractivity contribution < 1.29 is 4.79 Å². The zero-order chi connectivity index (χ0) is 14.5. The summed E-state index contributed by atoms with van der Waals surface area (Å²) in [5.41, 5.74) is 0.114. The van der Waals surface area contributed by atoms with E-state index in [1.54, 1.807) is 0 Å². The first-order valence-electron chi connectivity index (χ1n) is 7.31. The van der Waals surface area contributed by atoms with Gasteiger partial charge >= 0.3 is 0 Å². The van der Waals surface area contributed by atoms with Crippen LogP contribution in [0, 0.1) is 5.41 Å². The highest BCUT2D eigenvalue weighted by Crippen LogP contribution is 2.27. The molecule has 0 spiro atoms. The van der Waals surface area contributed by atoms with Gasteiger partial charge in [0, 0.05) is 10.8 Å². The molecule has 0 atom stereocenters. The average molecular weight is 286 g/mol. The molecular formula is C15H30N2OS. The summed E-state index contributed by atoms with van der Waals surface area (Å²) in [6.07, 6.45) is 3.36. The fraction of sp³-hybridized carbons (Fsp3) is 0.933. The maximum Gasteiger partial charge on any atom is 0.230 e. The summed E-state index contributed by atoms with van der Waals surface area (Å²) in [7, 11) is 0. The second kappa shape index (κ2) is 6.98. The largest absolute Gasteiger partial charge is 0.350 e. The van der Waals surface area contributed by atoms with Crippen LogP contribution in [-0.4, -0.2) is 35.5 Å². The minimum atomic E-state index is -0.121. The van der Waals surface area contributed by atoms with Crippen LogP contribution in [-0.2, 0) is 4.79 Å². The third-order valence-electron chi connectivity index (χ3n) is 3.19. The fourth-order valence-electron chi connectivity index (χ4n) is 2.94. The molecule has 0 aromatic heterocycles. The normalized spacial score (nSPS) is 18.4. The van der Waals surface area contributed by atoms with E-state index >= 15 is 0 Å². The summed E-state index contributed by atoms with van der Waals surface area (Å²) in [5, 5.41) is 7.18. The molecule has 0 radical (unpaired) electrons. The molecule has 0 aromatic rings. The Hall–Kier alpha value is -0.220. The second-order valence-electron chi connectivity index (χ2n) is 7.43. The molecule has 112 valence electrons. The van der Waals surface area contributed by atoms with Gasteiger partial charge in [-0.3, -0.25) is 4.79 Å². The molecule has 3 nitrogen and oxygen atoms in total. The van der Waals surface area contributed by atoms with Gasteiger partial charge in [0.05, 0.1) is 5.75 Å². The lowest BCUT2D eigenvalue weighted by atomic mass is 9.82. The Balaban J connectivity index is 2.29. The van der Waals surface area contributed by atoms with Gasteiger partial charge < -0.3 is 10.6 Å². The first-order valence-corrected chi connectivity index (χ1v) is 8.36. The summed E-state index contributed by atoms with van der Waals surface area (Å²) in [4.78, 5) is 12.0. The number of hydrogen-bond donors (Lipinski definition) is 2. The minimum Gasteiger partial charge on any atom is -0.350 e. The maximum absolute atomic E-state index is 12.0. The number of hydrogen-bond acceptors (Lipinski definition) is 3. The van der Waals surface area contributed by atoms with Crippen LogP contribution in [0.4, 0.5) is 0 Å². The quantitative estimate of drug-likeness (QED) is 0.816. The highest BCUT2D eigenvalue weighted by molar-refractivity contribution is 8.00. The molecule has 1 aliphatic heterocycles. The zero-order valence-electron chi connectivity index (χ0n) is 13.1. The Kier molecular flexibility index (Phi) is 6.18. The predicted molar refractivity (Wildman–Crippen MR) is 84.6 cm³/mol. The molecular weight excluding hydrogens is 256 g/mol. The van der Waals surface area contributed by atoms with Crippen LogP contribution in [0.1, 0.15) is 53.9 Å². The highest BCUT2D eigenvalue weighted by Gasteiger charge is 2.27. The number of nitrogens with one attached hydrogen (secondary N) is 2. The van der Waals surface area contributed by atoms with Crippen molar-refractivity contribution in [3.05, 3.63) is 0 Å². The van der Waals surface area contributed by atoms with Crippen molar-refractivity contribution in [3.63, 3.8) is 0 Å². The Morgan fingerprint density at radius 1 is 1.21 bits per heavy atom. The van der Waals surface area contributed by atoms with Gasteiger partial charge in [-0.1, -0.05) is 20.8 Å². The van der Waals surface area contributed by atoms with Crippen molar-refractivity contribution in [2.24, 2.45) is 5.41 Å². The van der Waals surface area contributed by atoms with Crippen LogP contribution in [0.3, 0.4) is 0 Å². The van der Waals surface area contributed by atoms with Crippen molar-refractivity contribution in [2.75, 3.05) is 18.8 Å². The van der Waals surface area contributed by atoms with Crippen molar-refractivity contribution in [3.8, 4) is 0 Å². The predicted octanol–water partition coefficient (Wildman–Crippen LogP) is 2.80. The van der Waals surface area contributed by atoms with Crippen molar-refractivity contribution in [1.82, 2.24) is 10.6 Å². The molecule has 1 fully saturated rings. The Morgan fingerprint density at radius 3 is 2.32 bits per heavy atom. The Bertz CT molecular complexity index is 291. The number of piperidine rings is 1. The van der Waals surface area contributed by atoms with Crippen LogP contribution < -0.4 is 10.6 Å². The van der Waals surface area contributed by atoms with Crippen LogP contribution in [0.2, 0.25) is 0 Å². The summed E-state index contributed by atoms with van der Waals surface area (Å²) < 4.78 is 0. The number of carbonyl (C=O) groups excluding carboxylic acids is 1. The number of amides is 1. The highest BCUT2D eigenvalue weighted by atomic mass is 32.2. The van der Waals surface area contributed by atoms with Gasteiger partial charge in [0.25, 0.3) is 0 Å². The van der Waals surface area contributed by atoms with Crippen molar-refractivity contribution in [1.29, 1.82) is 0 Å². The van der Waals surface area contributed by atoms with E-state index in [9.17, 15) is 4.79 Å². The summed E-state index contributed by atoms with van der Waals surface area (Å²) in [5.74, 6) is 0.774. The van der Waals surface area contributed by atoms with E-state index in [2.05, 4.69) is 45.3 Å². The third kappa shape index (κ3) is 7.83. The lowest BCUT2D eigenvalue weighted by Gasteiger charge is -2.33. The lowest BCUT2D eigenvalue weighted by molar-refractivity contribution is -0.120. The van der Waals surface area contributed by atoms with E-state index in [1.165, 1.54) is 12.8 Å². The lowest BCUT2D eigenvalue weighted by Crippen LogP contribution is -2.46. The standard InChI is InChI=1S/C15H30N2OS/c1-14(2,3)11-15(4,5)17-13(18)10-19-12-6-8-16-9-7-12/h12,16H,6-11H2,1-5H3,(H,17,18). The van der Waals surface area contributed by atoms with E-state index < -0.39 is 0 Å². The third-order valence-corrected chi connectivity index (χ3v) is 4.56. The minimum absolute atomic E-state index is 0.121. The van der Waals surface area contributed by atoms with Gasteiger partial charge in [-0.2, -0.15) is 0 Å². The topological polar surface area (TPSA) is 41.1 Å². The molecule has 1 saturated heterocycles. The SMILES string of the molecule is CC(C)(C)CC(C)(C)NC(=O)CSC1CCNCC1. The van der Waals surface area contributed by atoms with Gasteiger partial charge in [-0.05, 0) is 51.6 Å². The van der Waals surface area contributed by atoms with E-state index in [4.69, 9.17) is 0 Å². The molecule has 0 aromatic carbocycles. The average Bonchev–Trinajstić information content (AvgIpc) is 2.23. The maximum atomic E-state index is 12.0. The summed E-state index contributed by atoms with van der Waals surface area (Å²) in [6.45, 7) is 13.1. The van der Waals surface area contributed by atoms with E-state index in [0.717, 1.165) is 19.5 Å². The molecule has 1 aliphatic rings. The van der Waals surface area contributed by atoms with E-state index in [1.807, 2.05) is 11.8 Å². The molecule has 0 aliphatic carbocycles. The summed E-state index contributed by atoms with van der Waals surface area (Å²) in [6, 6.07) is 0. The monoisotopic (exact) mass is 286 g/mol. The molecule has 2 N–H and O–H groups in total. The van der Waals surface area contributed by atoms with Crippen molar-refractivity contribution in [2.45, 2.75) is 64.7 Å². The Labute approximate surface area is 122 Å². The van der Waals surface area contributed by atoms with Crippen LogP contribution in [0.15, 0.2) is 0 Å². The van der Waals surface area contributed by atoms with Gasteiger partial charge in [-0.25, -0.2) is 0 Å². The zero-order valence-corrected chi connectivity index (χ0v) is 14.0. The molecule has 1 rings (SSSR count). The van der Waals surface area contributed by atoms with Gasteiger partial charge in [-0.15, -0.1) is 11.8 Å². The Morgan fingerprint density at radius 2 is 1.79 bits per heavy atom. The molecule has 4 heteroatoms. The van der Waals surface area contributed by atoms with E-state index in [0.29, 0.717) is 11.0 Å². The van der Waals surface area contributed by atoms with Crippen LogP contribution in [0.25, 0.3) is 0 Å². The van der Waals surface area contributed by atoms with Crippen molar-refractivity contribution >= 4 is 17.7 Å². The van der Waals surface area contributed by atoms with Gasteiger partial charge in [0.15, 0.2) is 0 Å². The van der Waals surface area contributed by atoms with Gasteiger partial charge in [0.2, 0.25) is 5.91 Å².